The van der Waals surface area contributed by atoms with Gasteiger partial charge >= 0.3 is 17.6 Å². The van der Waals surface area contributed by atoms with Crippen molar-refractivity contribution in [2.24, 2.45) is 10.8 Å². The highest BCUT2D eigenvalue weighted by Gasteiger charge is 2.36. The Labute approximate surface area is 336 Å². The molecule has 7 nitrogen and oxygen atoms in total. The third-order valence-corrected chi connectivity index (χ3v) is 12.0. The molecule has 0 amide bonds. The molecule has 0 aliphatic heterocycles. The number of carbonyl (C=O) groups is 2. The van der Waals surface area contributed by atoms with Crippen molar-refractivity contribution in [2.75, 3.05) is 0 Å². The SMILES string of the molecule is CC1c2cccc3cccc(c23)C1C.CCC(C)(C)C(=O)OC1(C)CCCCC1.CCC(C)(C)C(=O)Oc1cc(C)oc(=O)c1.CCC(C)c1ccc(O)cc1. The molecule has 1 saturated carbocycles. The molecule has 306 valence electrons. The van der Waals surface area contributed by atoms with Gasteiger partial charge in [-0.15, -0.1) is 0 Å². The van der Waals surface area contributed by atoms with Crippen LogP contribution in [-0.4, -0.2) is 22.6 Å². The Morgan fingerprint density at radius 1 is 0.821 bits per heavy atom. The Balaban J connectivity index is 0.000000202. The molecule has 0 bridgehead atoms. The number of esters is 2. The highest BCUT2D eigenvalue weighted by Crippen LogP contribution is 2.46. The molecule has 1 fully saturated rings. The van der Waals surface area contributed by atoms with Gasteiger partial charge in [0, 0.05) is 6.07 Å². The zero-order chi connectivity index (χ0) is 41.8. The molecule has 1 heterocycles. The van der Waals surface area contributed by atoms with E-state index in [1.54, 1.807) is 32.9 Å². The molecule has 1 N–H and O–H groups in total. The summed E-state index contributed by atoms with van der Waals surface area (Å²) >= 11 is 0. The standard InChI is InChI=1S/C14H14.C13H24O2.C12H16O4.C10H14O/c1-9-10(2)13-8-4-6-11-5-3-7-12(9)14(11)13;1-5-12(2,3)11(14)15-13(4)9-7-6-8-10-13;1-5-12(3,4)11(14)16-9-6-8(2)15-10(13)7-9;1-3-8(2)9-4-6-10(11)7-5-9/h3-10H,1-2H3;5-10H2,1-4H3;6-7H,5H2,1-4H3;4-8,11H,3H2,1-2H3. The summed E-state index contributed by atoms with van der Waals surface area (Å²) in [4.78, 5) is 34.7. The first-order valence-corrected chi connectivity index (χ1v) is 20.7. The van der Waals surface area contributed by atoms with E-state index in [9.17, 15) is 14.4 Å². The van der Waals surface area contributed by atoms with Gasteiger partial charge in [-0.1, -0.05) is 96.5 Å². The molecular formula is C49H68O7. The van der Waals surface area contributed by atoms with Crippen LogP contribution in [0.1, 0.15) is 168 Å². The van der Waals surface area contributed by atoms with Crippen LogP contribution in [0.5, 0.6) is 11.5 Å². The largest absolute Gasteiger partial charge is 0.508 e. The minimum atomic E-state index is -0.552. The number of phenolic OH excluding ortho intramolecular Hbond substituents is 1. The maximum atomic E-state index is 11.9. The summed E-state index contributed by atoms with van der Waals surface area (Å²) in [5, 5.41) is 11.9. The number of aryl methyl sites for hydroxylation is 1. The van der Waals surface area contributed by atoms with Crippen LogP contribution in [0.25, 0.3) is 10.8 Å². The number of hydrogen-bond acceptors (Lipinski definition) is 7. The van der Waals surface area contributed by atoms with E-state index in [1.165, 1.54) is 52.8 Å². The van der Waals surface area contributed by atoms with E-state index in [2.05, 4.69) is 71.0 Å². The van der Waals surface area contributed by atoms with E-state index in [0.717, 1.165) is 31.7 Å². The van der Waals surface area contributed by atoms with E-state index in [0.29, 0.717) is 35.7 Å². The molecule has 56 heavy (non-hydrogen) atoms. The van der Waals surface area contributed by atoms with Crippen molar-refractivity contribution < 1.29 is 28.6 Å². The molecular weight excluding hydrogens is 701 g/mol. The van der Waals surface area contributed by atoms with Crippen LogP contribution in [0.3, 0.4) is 0 Å². The lowest BCUT2D eigenvalue weighted by Crippen LogP contribution is -2.38. The van der Waals surface area contributed by atoms with Crippen molar-refractivity contribution in [3.63, 3.8) is 0 Å². The number of aromatic hydroxyl groups is 1. The molecule has 3 aromatic carbocycles. The van der Waals surface area contributed by atoms with Gasteiger partial charge < -0.3 is 19.0 Å². The summed E-state index contributed by atoms with van der Waals surface area (Å²) in [6, 6.07) is 23.4. The third kappa shape index (κ3) is 12.6. The maximum Gasteiger partial charge on any atom is 0.339 e. The smallest absolute Gasteiger partial charge is 0.339 e. The first kappa shape index (κ1) is 46.0. The van der Waals surface area contributed by atoms with Crippen molar-refractivity contribution in [1.29, 1.82) is 0 Å². The van der Waals surface area contributed by atoms with Gasteiger partial charge in [-0.3, -0.25) is 9.59 Å². The van der Waals surface area contributed by atoms with Gasteiger partial charge in [0.05, 0.1) is 16.9 Å². The number of phenols is 1. The summed E-state index contributed by atoms with van der Waals surface area (Å²) in [6.07, 6.45) is 8.37. The monoisotopic (exact) mass is 768 g/mol. The zero-order valence-corrected chi connectivity index (χ0v) is 36.2. The minimum absolute atomic E-state index is 0.0330. The Morgan fingerprint density at radius 2 is 1.34 bits per heavy atom. The summed E-state index contributed by atoms with van der Waals surface area (Å²) in [5.74, 6) is 2.57. The van der Waals surface area contributed by atoms with Crippen molar-refractivity contribution in [1.82, 2.24) is 0 Å². The molecule has 3 atom stereocenters. The second kappa shape index (κ2) is 20.2. The fraction of sp³-hybridized carbons (Fsp3) is 0.531. The highest BCUT2D eigenvalue weighted by molar-refractivity contribution is 5.92. The van der Waals surface area contributed by atoms with Crippen LogP contribution in [0.2, 0.25) is 0 Å². The fourth-order valence-corrected chi connectivity index (χ4v) is 6.67. The second-order valence-corrected chi connectivity index (χ2v) is 17.3. The number of rotatable bonds is 8. The van der Waals surface area contributed by atoms with Gasteiger partial charge in [-0.05, 0) is 144 Å². The van der Waals surface area contributed by atoms with E-state index in [1.807, 2.05) is 39.8 Å². The van der Waals surface area contributed by atoms with E-state index in [-0.39, 0.29) is 28.7 Å². The third-order valence-electron chi connectivity index (χ3n) is 12.0. The lowest BCUT2D eigenvalue weighted by Gasteiger charge is -2.36. The molecule has 0 radical (unpaired) electrons. The first-order valence-electron chi connectivity index (χ1n) is 20.7. The zero-order valence-electron chi connectivity index (χ0n) is 36.2. The predicted octanol–water partition coefficient (Wildman–Crippen LogP) is 12.9. The lowest BCUT2D eigenvalue weighted by molar-refractivity contribution is -0.172. The number of benzene rings is 3. The summed E-state index contributed by atoms with van der Waals surface area (Å²) < 4.78 is 15.6. The van der Waals surface area contributed by atoms with E-state index in [4.69, 9.17) is 19.0 Å². The topological polar surface area (TPSA) is 103 Å². The molecule has 7 heteroatoms. The van der Waals surface area contributed by atoms with Crippen LogP contribution in [0, 0.1) is 17.8 Å². The molecule has 4 aromatic rings. The van der Waals surface area contributed by atoms with E-state index >= 15 is 0 Å². The highest BCUT2D eigenvalue weighted by atomic mass is 16.6. The van der Waals surface area contributed by atoms with Crippen molar-refractivity contribution in [2.45, 2.75) is 158 Å². The van der Waals surface area contributed by atoms with Gasteiger partial charge in [0.25, 0.3) is 0 Å². The van der Waals surface area contributed by atoms with Crippen LogP contribution in [0.4, 0.5) is 0 Å². The summed E-state index contributed by atoms with van der Waals surface area (Å²) in [7, 11) is 0. The molecule has 1 aromatic heterocycles. The molecule has 6 rings (SSSR count). The Hall–Kier alpha value is -4.39. The van der Waals surface area contributed by atoms with Crippen LogP contribution >= 0.6 is 0 Å². The van der Waals surface area contributed by atoms with Crippen molar-refractivity contribution in [3.8, 4) is 11.5 Å². The maximum absolute atomic E-state index is 11.9. The van der Waals surface area contributed by atoms with E-state index < -0.39 is 11.0 Å². The van der Waals surface area contributed by atoms with Crippen molar-refractivity contribution in [3.05, 3.63) is 106 Å². The first-order chi connectivity index (χ1) is 26.3. The molecule has 0 spiro atoms. The fourth-order valence-electron chi connectivity index (χ4n) is 6.67. The van der Waals surface area contributed by atoms with Crippen LogP contribution in [-0.2, 0) is 14.3 Å². The number of ether oxygens (including phenoxy) is 2. The predicted molar refractivity (Wildman–Crippen MR) is 229 cm³/mol. The lowest BCUT2D eigenvalue weighted by atomic mass is 9.85. The van der Waals surface area contributed by atoms with Gasteiger partial charge in [0.2, 0.25) is 0 Å². The Bertz CT molecular complexity index is 1890. The molecule has 0 saturated heterocycles. The number of carbonyl (C=O) groups excluding carboxylic acids is 2. The normalized spacial score (nSPS) is 17.5. The summed E-state index contributed by atoms with van der Waals surface area (Å²) in [6.45, 7) is 24.2. The molecule has 2 aliphatic carbocycles. The summed E-state index contributed by atoms with van der Waals surface area (Å²) in [5.41, 5.74) is 2.77. The van der Waals surface area contributed by atoms with Crippen LogP contribution in [0.15, 0.2) is 82.0 Å². The number of hydrogen-bond donors (Lipinski definition) is 1. The average Bonchev–Trinajstić information content (AvgIpc) is 3.41. The molecule has 2 aliphatic rings. The van der Waals surface area contributed by atoms with Gasteiger partial charge in [0.15, 0.2) is 0 Å². The minimum Gasteiger partial charge on any atom is -0.508 e. The van der Waals surface area contributed by atoms with Gasteiger partial charge in [-0.25, -0.2) is 4.79 Å². The van der Waals surface area contributed by atoms with Crippen molar-refractivity contribution >= 4 is 22.7 Å². The van der Waals surface area contributed by atoms with Gasteiger partial charge in [-0.2, -0.15) is 0 Å². The Morgan fingerprint density at radius 3 is 1.82 bits per heavy atom. The average molecular weight is 769 g/mol. The molecule has 3 unspecified atom stereocenters. The quantitative estimate of drug-likeness (QED) is 0.178. The van der Waals surface area contributed by atoms with Gasteiger partial charge in [0.1, 0.15) is 22.9 Å². The second-order valence-electron chi connectivity index (χ2n) is 17.3. The van der Waals surface area contributed by atoms with Crippen LogP contribution < -0.4 is 10.4 Å². The Kier molecular flexibility index (Phi) is 16.6.